The number of nitrogen functional groups attached to an aromatic ring is 1. The number of hydrogen-bond acceptors (Lipinski definition) is 4. The molecule has 4 N–H and O–H groups in total. The Labute approximate surface area is 154 Å². The summed E-state index contributed by atoms with van der Waals surface area (Å²) >= 11 is 5.90. The molecule has 0 fully saturated rings. The number of carboxylic acids is 1. The monoisotopic (exact) mass is 370 g/mol. The molecule has 0 unspecified atom stereocenters. The Bertz CT molecular complexity index is 996. The summed E-state index contributed by atoms with van der Waals surface area (Å²) < 4.78 is 1.53. The molecule has 8 heteroatoms. The lowest BCUT2D eigenvalue weighted by Gasteiger charge is -2.12. The predicted molar refractivity (Wildman–Crippen MR) is 99.7 cm³/mol. The van der Waals surface area contributed by atoms with E-state index in [1.165, 1.54) is 29.7 Å². The first-order valence-electron chi connectivity index (χ1n) is 7.61. The fourth-order valence-electron chi connectivity index (χ4n) is 2.51. The Morgan fingerprint density at radius 2 is 1.88 bits per heavy atom. The van der Waals surface area contributed by atoms with Gasteiger partial charge in [-0.05, 0) is 30.3 Å². The van der Waals surface area contributed by atoms with Gasteiger partial charge in [0.2, 0.25) is 11.9 Å². The second-order valence-electron chi connectivity index (χ2n) is 5.58. The van der Waals surface area contributed by atoms with Crippen molar-refractivity contribution in [3.05, 3.63) is 59.2 Å². The van der Waals surface area contributed by atoms with Crippen LogP contribution in [0, 0.1) is 0 Å². The SMILES string of the molecule is CC(=O)Nc1ccc(C(=O)O)cc1-n1cc(-c2ccc(Cl)cc2)nc1N. The molecule has 0 aliphatic carbocycles. The molecule has 132 valence electrons. The number of carbonyl (C=O) groups excluding carboxylic acids is 1. The number of nitrogens with two attached hydrogens (primary N) is 1. The standard InChI is InChI=1S/C18H15ClN4O3/c1-10(24)21-14-7-4-12(17(25)26)8-16(14)23-9-15(22-18(23)20)11-2-5-13(19)6-3-11/h2-9H,1H3,(H2,20,22)(H,21,24)(H,25,26). The van der Waals surface area contributed by atoms with Crippen LogP contribution < -0.4 is 11.1 Å². The Kier molecular flexibility index (Phi) is 4.64. The van der Waals surface area contributed by atoms with Crippen LogP contribution in [0.3, 0.4) is 0 Å². The molecule has 1 aromatic heterocycles. The molecule has 0 atom stereocenters. The maximum absolute atomic E-state index is 11.5. The van der Waals surface area contributed by atoms with Crippen molar-refractivity contribution < 1.29 is 14.7 Å². The van der Waals surface area contributed by atoms with Crippen LogP contribution in [-0.2, 0) is 4.79 Å². The molecule has 2 aromatic carbocycles. The van der Waals surface area contributed by atoms with Gasteiger partial charge in [0.1, 0.15) is 0 Å². The fourth-order valence-corrected chi connectivity index (χ4v) is 2.63. The Morgan fingerprint density at radius 3 is 2.50 bits per heavy atom. The van der Waals surface area contributed by atoms with E-state index in [0.29, 0.717) is 22.1 Å². The minimum Gasteiger partial charge on any atom is -0.478 e. The van der Waals surface area contributed by atoms with Crippen molar-refractivity contribution in [3.8, 4) is 16.9 Å². The third-order valence-electron chi connectivity index (χ3n) is 3.69. The number of nitrogens with one attached hydrogen (secondary N) is 1. The van der Waals surface area contributed by atoms with E-state index in [-0.39, 0.29) is 17.4 Å². The number of carboxylic acid groups (broad SMARTS) is 1. The largest absolute Gasteiger partial charge is 0.478 e. The highest BCUT2D eigenvalue weighted by Gasteiger charge is 2.15. The smallest absolute Gasteiger partial charge is 0.335 e. The quantitative estimate of drug-likeness (QED) is 0.651. The first kappa shape index (κ1) is 17.5. The third-order valence-corrected chi connectivity index (χ3v) is 3.94. The number of amides is 1. The number of anilines is 2. The zero-order valence-corrected chi connectivity index (χ0v) is 14.5. The molecule has 3 rings (SSSR count). The molecule has 0 bridgehead atoms. The van der Waals surface area contributed by atoms with Gasteiger partial charge in [-0.1, -0.05) is 23.7 Å². The molecular weight excluding hydrogens is 356 g/mol. The van der Waals surface area contributed by atoms with Gasteiger partial charge in [-0.15, -0.1) is 0 Å². The number of aromatic carboxylic acids is 1. The lowest BCUT2D eigenvalue weighted by Crippen LogP contribution is -2.11. The molecule has 3 aromatic rings. The number of benzene rings is 2. The van der Waals surface area contributed by atoms with Gasteiger partial charge in [-0.3, -0.25) is 9.36 Å². The van der Waals surface area contributed by atoms with Gasteiger partial charge in [0.25, 0.3) is 0 Å². The van der Waals surface area contributed by atoms with Crippen LogP contribution in [0.15, 0.2) is 48.7 Å². The van der Waals surface area contributed by atoms with E-state index in [1.54, 1.807) is 30.5 Å². The average molecular weight is 371 g/mol. The Morgan fingerprint density at radius 1 is 1.19 bits per heavy atom. The van der Waals surface area contributed by atoms with Crippen molar-refractivity contribution in [1.82, 2.24) is 9.55 Å². The highest BCUT2D eigenvalue weighted by atomic mass is 35.5. The second-order valence-corrected chi connectivity index (χ2v) is 6.02. The summed E-state index contributed by atoms with van der Waals surface area (Å²) in [6.45, 7) is 1.37. The van der Waals surface area contributed by atoms with Crippen LogP contribution in [0.1, 0.15) is 17.3 Å². The van der Waals surface area contributed by atoms with Gasteiger partial charge in [-0.25, -0.2) is 9.78 Å². The average Bonchev–Trinajstić information content (AvgIpc) is 2.97. The molecule has 1 amide bonds. The van der Waals surface area contributed by atoms with E-state index in [4.69, 9.17) is 17.3 Å². The van der Waals surface area contributed by atoms with Gasteiger partial charge in [0, 0.05) is 23.7 Å². The summed E-state index contributed by atoms with van der Waals surface area (Å²) in [4.78, 5) is 27.1. The molecule has 1 heterocycles. The van der Waals surface area contributed by atoms with E-state index in [1.807, 2.05) is 0 Å². The molecule has 0 radical (unpaired) electrons. The zero-order chi connectivity index (χ0) is 18.8. The molecule has 26 heavy (non-hydrogen) atoms. The fraction of sp³-hybridized carbons (Fsp3) is 0.0556. The van der Waals surface area contributed by atoms with Crippen molar-refractivity contribution in [2.75, 3.05) is 11.1 Å². The van der Waals surface area contributed by atoms with Crippen molar-refractivity contribution >= 4 is 35.1 Å². The van der Waals surface area contributed by atoms with Crippen LogP contribution in [-0.4, -0.2) is 26.5 Å². The lowest BCUT2D eigenvalue weighted by molar-refractivity contribution is -0.114. The van der Waals surface area contributed by atoms with Crippen molar-refractivity contribution in [1.29, 1.82) is 0 Å². The van der Waals surface area contributed by atoms with E-state index >= 15 is 0 Å². The Hall–Kier alpha value is -3.32. The number of hydrogen-bond donors (Lipinski definition) is 3. The Balaban J connectivity index is 2.13. The van der Waals surface area contributed by atoms with E-state index < -0.39 is 5.97 Å². The number of aromatic nitrogens is 2. The summed E-state index contributed by atoms with van der Waals surface area (Å²) in [5.74, 6) is -1.22. The minimum atomic E-state index is -1.09. The minimum absolute atomic E-state index is 0.0650. The normalized spacial score (nSPS) is 10.5. The highest BCUT2D eigenvalue weighted by Crippen LogP contribution is 2.28. The summed E-state index contributed by atoms with van der Waals surface area (Å²) in [5, 5.41) is 12.5. The molecular formula is C18H15ClN4O3. The van der Waals surface area contributed by atoms with Gasteiger partial charge >= 0.3 is 5.97 Å². The van der Waals surface area contributed by atoms with E-state index in [0.717, 1.165) is 5.56 Å². The van der Waals surface area contributed by atoms with E-state index in [9.17, 15) is 14.7 Å². The zero-order valence-electron chi connectivity index (χ0n) is 13.7. The maximum atomic E-state index is 11.5. The van der Waals surface area contributed by atoms with Gasteiger partial charge < -0.3 is 16.2 Å². The topological polar surface area (TPSA) is 110 Å². The van der Waals surface area contributed by atoms with Crippen molar-refractivity contribution in [2.45, 2.75) is 6.92 Å². The summed E-state index contributed by atoms with van der Waals surface area (Å²) in [6.07, 6.45) is 1.67. The van der Waals surface area contributed by atoms with Gasteiger partial charge in [0.15, 0.2) is 0 Å². The highest BCUT2D eigenvalue weighted by molar-refractivity contribution is 6.30. The summed E-state index contributed by atoms with van der Waals surface area (Å²) in [6, 6.07) is 11.4. The van der Waals surface area contributed by atoms with Crippen LogP contribution in [0.25, 0.3) is 16.9 Å². The van der Waals surface area contributed by atoms with Crippen molar-refractivity contribution in [3.63, 3.8) is 0 Å². The van der Waals surface area contributed by atoms with Crippen LogP contribution in [0.5, 0.6) is 0 Å². The molecule has 0 saturated carbocycles. The summed E-state index contributed by atoms with van der Waals surface area (Å²) in [5.41, 5.74) is 8.32. The first-order valence-corrected chi connectivity index (χ1v) is 7.99. The number of nitrogens with zero attached hydrogens (tertiary/aromatic N) is 2. The van der Waals surface area contributed by atoms with Gasteiger partial charge in [-0.2, -0.15) is 0 Å². The first-order chi connectivity index (χ1) is 12.3. The number of imidazole rings is 1. The maximum Gasteiger partial charge on any atom is 0.335 e. The molecule has 7 nitrogen and oxygen atoms in total. The molecule has 0 spiro atoms. The number of carbonyl (C=O) groups is 2. The molecule has 0 saturated heterocycles. The van der Waals surface area contributed by atoms with Crippen LogP contribution >= 0.6 is 11.6 Å². The number of halogens is 1. The second kappa shape index (κ2) is 6.89. The van der Waals surface area contributed by atoms with E-state index in [2.05, 4.69) is 10.3 Å². The van der Waals surface area contributed by atoms with Crippen LogP contribution in [0.4, 0.5) is 11.6 Å². The van der Waals surface area contributed by atoms with Crippen molar-refractivity contribution in [2.24, 2.45) is 0 Å². The summed E-state index contributed by atoms with van der Waals surface area (Å²) in [7, 11) is 0. The van der Waals surface area contributed by atoms with Gasteiger partial charge in [0.05, 0.1) is 22.6 Å². The predicted octanol–water partition coefficient (Wildman–Crippen LogP) is 3.43. The molecule has 0 aliphatic rings. The lowest BCUT2D eigenvalue weighted by atomic mass is 10.1. The van der Waals surface area contributed by atoms with Crippen LogP contribution in [0.2, 0.25) is 5.02 Å². The third kappa shape index (κ3) is 3.52. The number of rotatable bonds is 4. The molecule has 0 aliphatic heterocycles.